The molecule has 0 bridgehead atoms. The molecule has 5 nitrogen and oxygen atoms in total. The zero-order chi connectivity index (χ0) is 18.1. The summed E-state index contributed by atoms with van der Waals surface area (Å²) in [5.41, 5.74) is 6.95. The summed E-state index contributed by atoms with van der Waals surface area (Å²) >= 11 is 6.16. The highest BCUT2D eigenvalue weighted by atomic mass is 35.5. The highest BCUT2D eigenvalue weighted by Gasteiger charge is 2.52. The minimum absolute atomic E-state index is 0.285. The van der Waals surface area contributed by atoms with Crippen molar-refractivity contribution in [2.45, 2.75) is 38.9 Å². The Morgan fingerprint density at radius 2 is 1.88 bits per heavy atom. The maximum absolute atomic E-state index is 11.6. The van der Waals surface area contributed by atoms with Crippen LogP contribution in [0.15, 0.2) is 23.7 Å². The molecular formula is C17H23BClNO4. The molecule has 1 fully saturated rings. The third-order valence-electron chi connectivity index (χ3n) is 4.54. The van der Waals surface area contributed by atoms with Crippen LogP contribution in [-0.2, 0) is 14.0 Å². The number of nitrogens with two attached hydrogens (primary N) is 1. The van der Waals surface area contributed by atoms with Crippen LogP contribution in [0, 0.1) is 0 Å². The van der Waals surface area contributed by atoms with Gasteiger partial charge in [0.1, 0.15) is 0 Å². The molecule has 1 aromatic rings. The molecule has 24 heavy (non-hydrogen) atoms. The summed E-state index contributed by atoms with van der Waals surface area (Å²) in [4.78, 5) is 11.6. The van der Waals surface area contributed by atoms with Crippen molar-refractivity contribution >= 4 is 30.8 Å². The van der Waals surface area contributed by atoms with Crippen LogP contribution < -0.4 is 5.73 Å². The van der Waals surface area contributed by atoms with Gasteiger partial charge in [-0.05, 0) is 50.9 Å². The van der Waals surface area contributed by atoms with Crippen molar-refractivity contribution in [2.75, 3.05) is 13.7 Å². The molecule has 2 rings (SSSR count). The van der Waals surface area contributed by atoms with Gasteiger partial charge in [0.2, 0.25) is 0 Å². The summed E-state index contributed by atoms with van der Waals surface area (Å²) < 4.78 is 16.7. The normalized spacial score (nSPS) is 19.5. The first-order valence-electron chi connectivity index (χ1n) is 7.75. The van der Waals surface area contributed by atoms with Gasteiger partial charge in [0.25, 0.3) is 0 Å². The molecule has 0 aliphatic carbocycles. The molecule has 0 amide bonds. The maximum Gasteiger partial charge on any atom is 0.491 e. The molecule has 0 aromatic heterocycles. The van der Waals surface area contributed by atoms with Crippen LogP contribution in [-0.4, -0.2) is 37.9 Å². The molecule has 7 heteroatoms. The molecule has 2 N–H and O–H groups in total. The van der Waals surface area contributed by atoms with E-state index in [9.17, 15) is 4.79 Å². The molecule has 1 saturated heterocycles. The Labute approximate surface area is 148 Å². The van der Waals surface area contributed by atoms with Crippen molar-refractivity contribution in [1.82, 2.24) is 0 Å². The molecule has 130 valence electrons. The molecular weight excluding hydrogens is 328 g/mol. The zero-order valence-electron chi connectivity index (χ0n) is 14.7. The van der Waals surface area contributed by atoms with E-state index in [1.807, 2.05) is 33.8 Å². The Morgan fingerprint density at radius 3 is 2.33 bits per heavy atom. The summed E-state index contributed by atoms with van der Waals surface area (Å²) in [5, 5.41) is 0.320. The minimum Gasteiger partial charge on any atom is -0.465 e. The number of carbonyl (C=O) groups is 1. The number of carbonyl (C=O) groups excluding carboxylic acids is 1. The van der Waals surface area contributed by atoms with E-state index in [4.69, 9.17) is 26.6 Å². The van der Waals surface area contributed by atoms with Crippen molar-refractivity contribution in [1.29, 1.82) is 0 Å². The summed E-state index contributed by atoms with van der Waals surface area (Å²) in [5.74, 6) is -0.472. The number of ether oxygens (including phenoxy) is 1. The first kappa shape index (κ1) is 19.0. The Morgan fingerprint density at radius 1 is 1.29 bits per heavy atom. The van der Waals surface area contributed by atoms with Crippen molar-refractivity contribution in [3.63, 3.8) is 0 Å². The number of hydrogen-bond acceptors (Lipinski definition) is 5. The number of methoxy groups -OCH3 is 1. The molecule has 1 aromatic carbocycles. The fraction of sp³-hybridized carbons (Fsp3) is 0.471. The fourth-order valence-electron chi connectivity index (χ4n) is 2.33. The van der Waals surface area contributed by atoms with Gasteiger partial charge in [0, 0.05) is 6.54 Å². The Bertz CT molecular complexity index is 657. The summed E-state index contributed by atoms with van der Waals surface area (Å²) in [6.07, 6.45) is 1.87. The highest BCUT2D eigenvalue weighted by molar-refractivity contribution is 6.56. The van der Waals surface area contributed by atoms with E-state index in [1.165, 1.54) is 7.11 Å². The number of esters is 1. The predicted octanol–water partition coefficient (Wildman–Crippen LogP) is 3.10. The summed E-state index contributed by atoms with van der Waals surface area (Å²) in [6.45, 7) is 8.24. The Kier molecular flexibility index (Phi) is 5.45. The second-order valence-corrected chi connectivity index (χ2v) is 7.15. The van der Waals surface area contributed by atoms with Gasteiger partial charge in [-0.15, -0.1) is 0 Å². The lowest BCUT2D eigenvalue weighted by Crippen LogP contribution is -2.41. The van der Waals surface area contributed by atoms with Gasteiger partial charge in [0.15, 0.2) is 0 Å². The van der Waals surface area contributed by atoms with Crippen LogP contribution in [0.5, 0.6) is 0 Å². The van der Waals surface area contributed by atoms with Gasteiger partial charge in [-0.25, -0.2) is 4.79 Å². The molecule has 0 unspecified atom stereocenters. The monoisotopic (exact) mass is 351 g/mol. The number of hydrogen-bond donors (Lipinski definition) is 1. The van der Waals surface area contributed by atoms with E-state index >= 15 is 0 Å². The van der Waals surface area contributed by atoms with Crippen molar-refractivity contribution in [3.05, 3.63) is 39.8 Å². The molecule has 1 aliphatic rings. The average molecular weight is 352 g/mol. The Hall–Kier alpha value is -1.34. The first-order valence-corrected chi connectivity index (χ1v) is 8.13. The number of benzene rings is 1. The first-order chi connectivity index (χ1) is 11.1. The average Bonchev–Trinajstić information content (AvgIpc) is 2.72. The molecule has 0 radical (unpaired) electrons. The van der Waals surface area contributed by atoms with Gasteiger partial charge >= 0.3 is 13.1 Å². The van der Waals surface area contributed by atoms with E-state index in [0.29, 0.717) is 10.6 Å². The van der Waals surface area contributed by atoms with Crippen molar-refractivity contribution < 1.29 is 18.8 Å². The largest absolute Gasteiger partial charge is 0.491 e. The standard InChI is InChI=1S/C17H23BClNO4/c1-16(2)17(3,4)24-18(23-16)12(10-20)8-11-6-7-13(14(19)9-11)15(21)22-5/h6-9H,10,20H2,1-5H3. The lowest BCUT2D eigenvalue weighted by atomic mass is 9.77. The van der Waals surface area contributed by atoms with Gasteiger partial charge in [-0.1, -0.05) is 23.7 Å². The van der Waals surface area contributed by atoms with Gasteiger partial charge in [-0.3, -0.25) is 0 Å². The molecule has 1 aliphatic heterocycles. The smallest absolute Gasteiger partial charge is 0.465 e. The van der Waals surface area contributed by atoms with Crippen molar-refractivity contribution in [3.8, 4) is 0 Å². The minimum atomic E-state index is -0.515. The second-order valence-electron chi connectivity index (χ2n) is 6.74. The van der Waals surface area contributed by atoms with Crippen LogP contribution in [0.2, 0.25) is 5.02 Å². The third-order valence-corrected chi connectivity index (χ3v) is 4.85. The summed E-state index contributed by atoms with van der Waals surface area (Å²) in [6, 6.07) is 5.09. The molecule has 0 atom stereocenters. The second kappa shape index (κ2) is 6.88. The van der Waals surface area contributed by atoms with Crippen LogP contribution in [0.3, 0.4) is 0 Å². The molecule has 0 saturated carbocycles. The fourth-order valence-corrected chi connectivity index (χ4v) is 2.59. The van der Waals surface area contributed by atoms with Crippen LogP contribution in [0.1, 0.15) is 43.6 Å². The number of rotatable bonds is 4. The van der Waals surface area contributed by atoms with E-state index in [0.717, 1.165) is 11.0 Å². The van der Waals surface area contributed by atoms with Gasteiger partial charge in [0.05, 0.1) is 28.9 Å². The van der Waals surface area contributed by atoms with E-state index in [-0.39, 0.29) is 6.54 Å². The highest BCUT2D eigenvalue weighted by Crippen LogP contribution is 2.38. The zero-order valence-corrected chi connectivity index (χ0v) is 15.4. The lowest BCUT2D eigenvalue weighted by molar-refractivity contribution is 0.00578. The predicted molar refractivity (Wildman–Crippen MR) is 95.9 cm³/mol. The van der Waals surface area contributed by atoms with E-state index in [2.05, 4.69) is 4.74 Å². The van der Waals surface area contributed by atoms with Gasteiger partial charge in [-0.2, -0.15) is 0 Å². The van der Waals surface area contributed by atoms with Crippen LogP contribution >= 0.6 is 11.6 Å². The maximum atomic E-state index is 11.6. The summed E-state index contributed by atoms with van der Waals surface area (Å²) in [7, 11) is 0.802. The Balaban J connectivity index is 2.29. The van der Waals surface area contributed by atoms with E-state index in [1.54, 1.807) is 18.2 Å². The van der Waals surface area contributed by atoms with E-state index < -0.39 is 24.3 Å². The van der Waals surface area contributed by atoms with Crippen LogP contribution in [0.4, 0.5) is 0 Å². The topological polar surface area (TPSA) is 70.8 Å². The quantitative estimate of drug-likeness (QED) is 0.666. The van der Waals surface area contributed by atoms with Gasteiger partial charge < -0.3 is 19.8 Å². The third kappa shape index (κ3) is 3.67. The molecule has 0 spiro atoms. The molecule has 1 heterocycles. The van der Waals surface area contributed by atoms with Crippen molar-refractivity contribution in [2.24, 2.45) is 5.73 Å². The lowest BCUT2D eigenvalue weighted by Gasteiger charge is -2.32. The SMILES string of the molecule is COC(=O)c1ccc(C=C(CN)B2OC(C)(C)C(C)(C)O2)cc1Cl. The number of halogens is 1. The van der Waals surface area contributed by atoms with Crippen LogP contribution in [0.25, 0.3) is 6.08 Å².